The summed E-state index contributed by atoms with van der Waals surface area (Å²) in [4.78, 5) is 12.9. The zero-order valence-electron chi connectivity index (χ0n) is 17.6. The Kier molecular flexibility index (Phi) is 7.62. The number of hydrogen-bond acceptors (Lipinski definition) is 5. The first-order valence-corrected chi connectivity index (χ1v) is 10.1. The molecule has 1 N–H and O–H groups in total. The summed E-state index contributed by atoms with van der Waals surface area (Å²) in [5, 5.41) is 3.50. The summed E-state index contributed by atoms with van der Waals surface area (Å²) in [7, 11) is 3.10. The second-order valence-electron chi connectivity index (χ2n) is 6.52. The fourth-order valence-electron chi connectivity index (χ4n) is 2.93. The van der Waals surface area contributed by atoms with Crippen LogP contribution >= 0.6 is 11.6 Å². The predicted molar refractivity (Wildman–Crippen MR) is 121 cm³/mol. The lowest BCUT2D eigenvalue weighted by atomic mass is 10.1. The van der Waals surface area contributed by atoms with E-state index < -0.39 is 0 Å². The molecule has 0 aromatic heterocycles. The minimum Gasteiger partial charge on any atom is -0.497 e. The molecule has 3 rings (SSSR count). The van der Waals surface area contributed by atoms with Crippen LogP contribution in [-0.4, -0.2) is 26.7 Å². The van der Waals surface area contributed by atoms with Crippen molar-refractivity contribution in [2.24, 2.45) is 0 Å². The first-order chi connectivity index (χ1) is 15.0. The van der Waals surface area contributed by atoms with Gasteiger partial charge in [0.25, 0.3) is 5.91 Å². The summed E-state index contributed by atoms with van der Waals surface area (Å²) in [5.41, 5.74) is 1.73. The zero-order valence-corrected chi connectivity index (χ0v) is 18.4. The maximum absolute atomic E-state index is 12.9. The first-order valence-electron chi connectivity index (χ1n) is 9.71. The Hall–Kier alpha value is -3.38. The molecule has 0 heterocycles. The van der Waals surface area contributed by atoms with Gasteiger partial charge in [-0.25, -0.2) is 0 Å². The Morgan fingerprint density at radius 3 is 2.26 bits per heavy atom. The van der Waals surface area contributed by atoms with E-state index in [9.17, 15) is 4.79 Å². The highest BCUT2D eigenvalue weighted by atomic mass is 35.5. The van der Waals surface area contributed by atoms with Crippen molar-refractivity contribution in [2.75, 3.05) is 26.1 Å². The summed E-state index contributed by atoms with van der Waals surface area (Å²) in [6, 6.07) is 17.5. The average Bonchev–Trinajstić information content (AvgIpc) is 2.79. The fraction of sp³-hybridized carbons (Fsp3) is 0.208. The normalized spacial score (nSPS) is 10.3. The number of ether oxygens (including phenoxy) is 4. The largest absolute Gasteiger partial charge is 0.497 e. The van der Waals surface area contributed by atoms with Gasteiger partial charge in [0.05, 0.1) is 26.5 Å². The number of halogens is 1. The van der Waals surface area contributed by atoms with Crippen LogP contribution in [0.2, 0.25) is 5.02 Å². The number of hydrogen-bond donors (Lipinski definition) is 1. The molecule has 0 unspecified atom stereocenters. The van der Waals surface area contributed by atoms with E-state index in [4.69, 9.17) is 30.5 Å². The molecule has 1 amide bonds. The van der Waals surface area contributed by atoms with Crippen LogP contribution in [0.15, 0.2) is 60.7 Å². The van der Waals surface area contributed by atoms with Gasteiger partial charge in [-0.2, -0.15) is 0 Å². The molecule has 3 aromatic carbocycles. The lowest BCUT2D eigenvalue weighted by molar-refractivity contribution is 0.102. The molecule has 0 spiro atoms. The molecule has 31 heavy (non-hydrogen) atoms. The predicted octanol–water partition coefficient (Wildman–Crippen LogP) is 5.59. The highest BCUT2D eigenvalue weighted by Crippen LogP contribution is 2.30. The van der Waals surface area contributed by atoms with Crippen LogP contribution in [0, 0.1) is 0 Å². The van der Waals surface area contributed by atoms with Crippen molar-refractivity contribution in [3.63, 3.8) is 0 Å². The third kappa shape index (κ3) is 5.83. The zero-order chi connectivity index (χ0) is 22.2. The summed E-state index contributed by atoms with van der Waals surface area (Å²) in [6.45, 7) is 2.64. The van der Waals surface area contributed by atoms with Crippen LogP contribution in [0.3, 0.4) is 0 Å². The molecule has 3 aromatic rings. The van der Waals surface area contributed by atoms with Crippen molar-refractivity contribution in [3.8, 4) is 23.0 Å². The summed E-state index contributed by atoms with van der Waals surface area (Å²) in [5.74, 6) is 2.18. The molecular formula is C24H24ClNO5. The van der Waals surface area contributed by atoms with Crippen molar-refractivity contribution < 1.29 is 23.7 Å². The van der Waals surface area contributed by atoms with Crippen molar-refractivity contribution in [1.29, 1.82) is 0 Å². The highest BCUT2D eigenvalue weighted by Gasteiger charge is 2.14. The van der Waals surface area contributed by atoms with Gasteiger partial charge in [-0.15, -0.1) is 0 Å². The fourth-order valence-corrected chi connectivity index (χ4v) is 3.05. The van der Waals surface area contributed by atoms with Gasteiger partial charge in [0.15, 0.2) is 0 Å². The standard InChI is InChI=1S/C24H24ClNO5/c1-4-30-22-11-5-16(13-17(22)15-31-19-8-6-18(25)7-9-19)24(27)26-21-14-20(28-2)10-12-23(21)29-3/h5-14H,4,15H2,1-3H3,(H,26,27). The van der Waals surface area contributed by atoms with E-state index in [0.717, 1.165) is 5.56 Å². The van der Waals surface area contributed by atoms with Gasteiger partial charge >= 0.3 is 0 Å². The summed E-state index contributed by atoms with van der Waals surface area (Å²) in [6.07, 6.45) is 0. The summed E-state index contributed by atoms with van der Waals surface area (Å²) < 4.78 is 22.1. The van der Waals surface area contributed by atoms with E-state index in [1.54, 1.807) is 74.9 Å². The minimum absolute atomic E-state index is 0.237. The molecule has 0 atom stereocenters. The third-order valence-electron chi connectivity index (χ3n) is 4.49. The van der Waals surface area contributed by atoms with E-state index in [0.29, 0.717) is 45.9 Å². The maximum atomic E-state index is 12.9. The van der Waals surface area contributed by atoms with E-state index in [1.165, 1.54) is 0 Å². The molecule has 0 saturated heterocycles. The van der Waals surface area contributed by atoms with Gasteiger partial charge in [0.1, 0.15) is 29.6 Å². The maximum Gasteiger partial charge on any atom is 0.255 e. The van der Waals surface area contributed by atoms with Crippen LogP contribution in [-0.2, 0) is 6.61 Å². The molecule has 0 saturated carbocycles. The SMILES string of the molecule is CCOc1ccc(C(=O)Nc2cc(OC)ccc2OC)cc1COc1ccc(Cl)cc1. The van der Waals surface area contributed by atoms with E-state index in [1.807, 2.05) is 6.92 Å². The van der Waals surface area contributed by atoms with Crippen molar-refractivity contribution >= 4 is 23.2 Å². The number of anilines is 1. The minimum atomic E-state index is -0.289. The van der Waals surface area contributed by atoms with Crippen molar-refractivity contribution in [1.82, 2.24) is 0 Å². The molecule has 0 aliphatic heterocycles. The number of benzene rings is 3. The molecule has 0 aliphatic rings. The molecule has 0 aliphatic carbocycles. The number of amides is 1. The number of carbonyl (C=O) groups is 1. The van der Waals surface area contributed by atoms with Gasteiger partial charge in [-0.05, 0) is 61.5 Å². The van der Waals surface area contributed by atoms with Crippen LogP contribution < -0.4 is 24.3 Å². The molecular weight excluding hydrogens is 418 g/mol. The Labute approximate surface area is 186 Å². The van der Waals surface area contributed by atoms with Gasteiger partial charge < -0.3 is 24.3 Å². The molecule has 0 bridgehead atoms. The third-order valence-corrected chi connectivity index (χ3v) is 4.74. The van der Waals surface area contributed by atoms with Crippen LogP contribution in [0.4, 0.5) is 5.69 Å². The monoisotopic (exact) mass is 441 g/mol. The molecule has 162 valence electrons. The van der Waals surface area contributed by atoms with Crippen molar-refractivity contribution in [3.05, 3.63) is 76.8 Å². The van der Waals surface area contributed by atoms with E-state index >= 15 is 0 Å². The Balaban J connectivity index is 1.81. The smallest absolute Gasteiger partial charge is 0.255 e. The van der Waals surface area contributed by atoms with Crippen LogP contribution in [0.25, 0.3) is 0 Å². The van der Waals surface area contributed by atoms with Crippen LogP contribution in [0.5, 0.6) is 23.0 Å². The number of nitrogens with one attached hydrogen (secondary N) is 1. The topological polar surface area (TPSA) is 66.0 Å². The molecule has 0 fully saturated rings. The van der Waals surface area contributed by atoms with Gasteiger partial charge in [-0.1, -0.05) is 11.6 Å². The van der Waals surface area contributed by atoms with Gasteiger partial charge in [0.2, 0.25) is 0 Å². The average molecular weight is 442 g/mol. The Bertz CT molecular complexity index is 1040. The number of rotatable bonds is 9. The first kappa shape index (κ1) is 22.3. The lowest BCUT2D eigenvalue weighted by Crippen LogP contribution is -2.14. The quantitative estimate of drug-likeness (QED) is 0.469. The van der Waals surface area contributed by atoms with Gasteiger partial charge in [-0.3, -0.25) is 4.79 Å². The Morgan fingerprint density at radius 1 is 0.871 bits per heavy atom. The van der Waals surface area contributed by atoms with Crippen LogP contribution in [0.1, 0.15) is 22.8 Å². The van der Waals surface area contributed by atoms with Gasteiger partial charge in [0, 0.05) is 22.2 Å². The van der Waals surface area contributed by atoms with E-state index in [-0.39, 0.29) is 12.5 Å². The number of carbonyl (C=O) groups excluding carboxylic acids is 1. The number of methoxy groups -OCH3 is 2. The Morgan fingerprint density at radius 2 is 1.58 bits per heavy atom. The van der Waals surface area contributed by atoms with Crippen molar-refractivity contribution in [2.45, 2.75) is 13.5 Å². The second-order valence-corrected chi connectivity index (χ2v) is 6.95. The van der Waals surface area contributed by atoms with E-state index in [2.05, 4.69) is 5.32 Å². The molecule has 0 radical (unpaired) electrons. The summed E-state index contributed by atoms with van der Waals surface area (Å²) >= 11 is 5.92. The lowest BCUT2D eigenvalue weighted by Gasteiger charge is -2.15. The molecule has 6 nitrogen and oxygen atoms in total. The second kappa shape index (κ2) is 10.6. The highest BCUT2D eigenvalue weighted by molar-refractivity contribution is 6.30. The molecule has 7 heteroatoms.